The summed E-state index contributed by atoms with van der Waals surface area (Å²) in [6, 6.07) is 4.41. The quantitative estimate of drug-likeness (QED) is 0.875. The Balaban J connectivity index is 1.66. The summed E-state index contributed by atoms with van der Waals surface area (Å²) in [6.45, 7) is 1.35. The normalized spacial score (nSPS) is 17.0. The highest BCUT2D eigenvalue weighted by Gasteiger charge is 2.33. The van der Waals surface area contributed by atoms with Gasteiger partial charge in [0.1, 0.15) is 0 Å². The topological polar surface area (TPSA) is 68.2 Å². The molecule has 2 heterocycles. The van der Waals surface area contributed by atoms with Crippen molar-refractivity contribution in [2.45, 2.75) is 25.4 Å². The number of aromatic nitrogens is 2. The Morgan fingerprint density at radius 1 is 1.58 bits per heavy atom. The SMILES string of the molecule is CN(Cc1nc(-c2cccs2)no1)C(CN)C1CC1. The number of hydrogen-bond donors (Lipinski definition) is 1. The third-order valence-electron chi connectivity index (χ3n) is 3.57. The van der Waals surface area contributed by atoms with Gasteiger partial charge in [0.15, 0.2) is 0 Å². The molecule has 0 bridgehead atoms. The Kier molecular flexibility index (Phi) is 3.63. The van der Waals surface area contributed by atoms with E-state index >= 15 is 0 Å². The average Bonchev–Trinajstić information content (AvgIpc) is 2.93. The summed E-state index contributed by atoms with van der Waals surface area (Å²) in [5.74, 6) is 2.08. The molecule has 1 aliphatic carbocycles. The Bertz CT molecular complexity index is 520. The number of hydrogen-bond acceptors (Lipinski definition) is 6. The van der Waals surface area contributed by atoms with Crippen LogP contribution in [0.5, 0.6) is 0 Å². The molecule has 2 aromatic rings. The Hall–Kier alpha value is -1.24. The number of nitrogens with zero attached hydrogens (tertiary/aromatic N) is 3. The van der Waals surface area contributed by atoms with E-state index in [1.165, 1.54) is 12.8 Å². The van der Waals surface area contributed by atoms with Gasteiger partial charge in [-0.25, -0.2) is 0 Å². The van der Waals surface area contributed by atoms with Gasteiger partial charge in [-0.2, -0.15) is 4.98 Å². The fourth-order valence-electron chi connectivity index (χ4n) is 2.37. The second-order valence-electron chi connectivity index (χ2n) is 5.04. The van der Waals surface area contributed by atoms with Gasteiger partial charge in [-0.05, 0) is 37.3 Å². The van der Waals surface area contributed by atoms with E-state index in [0.717, 1.165) is 10.8 Å². The highest BCUT2D eigenvalue weighted by Crippen LogP contribution is 2.34. The summed E-state index contributed by atoms with van der Waals surface area (Å²) in [4.78, 5) is 7.70. The second kappa shape index (κ2) is 5.40. The van der Waals surface area contributed by atoms with Crippen molar-refractivity contribution in [2.75, 3.05) is 13.6 Å². The predicted octanol–water partition coefficient (Wildman–Crippen LogP) is 1.97. The monoisotopic (exact) mass is 278 g/mol. The third kappa shape index (κ3) is 2.86. The lowest BCUT2D eigenvalue weighted by Crippen LogP contribution is -2.39. The lowest BCUT2D eigenvalue weighted by Gasteiger charge is -2.25. The first kappa shape index (κ1) is 12.8. The molecular weight excluding hydrogens is 260 g/mol. The van der Waals surface area contributed by atoms with E-state index in [1.807, 2.05) is 17.5 Å². The number of thiophene rings is 1. The summed E-state index contributed by atoms with van der Waals surface area (Å²) < 4.78 is 5.32. The number of rotatable bonds is 6. The lowest BCUT2D eigenvalue weighted by atomic mass is 10.1. The van der Waals surface area contributed by atoms with Crippen LogP contribution in [-0.2, 0) is 6.54 Å². The van der Waals surface area contributed by atoms with Gasteiger partial charge in [-0.1, -0.05) is 11.2 Å². The van der Waals surface area contributed by atoms with E-state index in [0.29, 0.717) is 30.8 Å². The molecule has 0 spiro atoms. The van der Waals surface area contributed by atoms with Gasteiger partial charge < -0.3 is 10.3 Å². The van der Waals surface area contributed by atoms with Gasteiger partial charge in [-0.15, -0.1) is 11.3 Å². The van der Waals surface area contributed by atoms with E-state index in [4.69, 9.17) is 10.3 Å². The van der Waals surface area contributed by atoms with Crippen LogP contribution < -0.4 is 5.73 Å². The van der Waals surface area contributed by atoms with Crippen molar-refractivity contribution in [1.82, 2.24) is 15.0 Å². The maximum absolute atomic E-state index is 5.84. The van der Waals surface area contributed by atoms with Gasteiger partial charge in [0.25, 0.3) is 0 Å². The van der Waals surface area contributed by atoms with Gasteiger partial charge >= 0.3 is 0 Å². The van der Waals surface area contributed by atoms with Crippen LogP contribution in [-0.4, -0.2) is 34.7 Å². The molecule has 1 unspecified atom stereocenters. The smallest absolute Gasteiger partial charge is 0.241 e. The largest absolute Gasteiger partial charge is 0.338 e. The summed E-state index contributed by atoms with van der Waals surface area (Å²) >= 11 is 1.62. The standard InChI is InChI=1S/C13H18N4OS/c1-17(10(7-14)9-4-5-9)8-12-15-13(16-18-12)11-3-2-6-19-11/h2-3,6,9-10H,4-5,7-8,14H2,1H3. The molecule has 6 heteroatoms. The van der Waals surface area contributed by atoms with Crippen LogP contribution in [0.3, 0.4) is 0 Å². The zero-order valence-electron chi connectivity index (χ0n) is 11.0. The Morgan fingerprint density at radius 2 is 2.42 bits per heavy atom. The van der Waals surface area contributed by atoms with Crippen LogP contribution in [0.25, 0.3) is 10.7 Å². The molecule has 1 atom stereocenters. The molecule has 0 amide bonds. The summed E-state index contributed by atoms with van der Waals surface area (Å²) in [5.41, 5.74) is 5.84. The molecule has 1 aliphatic rings. The zero-order valence-corrected chi connectivity index (χ0v) is 11.8. The zero-order chi connectivity index (χ0) is 13.2. The van der Waals surface area contributed by atoms with Crippen molar-refractivity contribution in [3.63, 3.8) is 0 Å². The van der Waals surface area contributed by atoms with Crippen molar-refractivity contribution in [2.24, 2.45) is 11.7 Å². The van der Waals surface area contributed by atoms with Crippen molar-refractivity contribution in [3.8, 4) is 10.7 Å². The number of nitrogens with two attached hydrogens (primary N) is 1. The van der Waals surface area contributed by atoms with Crippen molar-refractivity contribution in [3.05, 3.63) is 23.4 Å². The molecule has 5 nitrogen and oxygen atoms in total. The lowest BCUT2D eigenvalue weighted by molar-refractivity contribution is 0.189. The van der Waals surface area contributed by atoms with Crippen LogP contribution in [0.15, 0.2) is 22.0 Å². The molecule has 2 aromatic heterocycles. The maximum Gasteiger partial charge on any atom is 0.241 e. The van der Waals surface area contributed by atoms with Crippen LogP contribution >= 0.6 is 11.3 Å². The predicted molar refractivity (Wildman–Crippen MR) is 74.6 cm³/mol. The summed E-state index contributed by atoms with van der Waals surface area (Å²) in [7, 11) is 2.07. The first-order valence-electron chi connectivity index (χ1n) is 6.54. The van der Waals surface area contributed by atoms with E-state index in [1.54, 1.807) is 11.3 Å². The molecular formula is C13H18N4OS. The molecule has 19 heavy (non-hydrogen) atoms. The van der Waals surface area contributed by atoms with E-state index in [2.05, 4.69) is 22.1 Å². The Labute approximate surface area is 116 Å². The molecule has 2 N–H and O–H groups in total. The molecule has 1 fully saturated rings. The highest BCUT2D eigenvalue weighted by molar-refractivity contribution is 7.13. The molecule has 0 saturated heterocycles. The summed E-state index contributed by atoms with van der Waals surface area (Å²) in [6.07, 6.45) is 2.58. The summed E-state index contributed by atoms with van der Waals surface area (Å²) in [5, 5.41) is 6.03. The van der Waals surface area contributed by atoms with Crippen LogP contribution in [0.2, 0.25) is 0 Å². The first-order chi connectivity index (χ1) is 9.28. The minimum atomic E-state index is 0.428. The van der Waals surface area contributed by atoms with Crippen LogP contribution in [0.4, 0.5) is 0 Å². The first-order valence-corrected chi connectivity index (χ1v) is 7.42. The van der Waals surface area contributed by atoms with Gasteiger partial charge in [0, 0.05) is 12.6 Å². The Morgan fingerprint density at radius 3 is 3.05 bits per heavy atom. The molecule has 1 saturated carbocycles. The molecule has 102 valence electrons. The minimum absolute atomic E-state index is 0.428. The van der Waals surface area contributed by atoms with Gasteiger partial charge in [0.05, 0.1) is 11.4 Å². The van der Waals surface area contributed by atoms with E-state index in [-0.39, 0.29) is 0 Å². The average molecular weight is 278 g/mol. The van der Waals surface area contributed by atoms with E-state index < -0.39 is 0 Å². The number of likely N-dealkylation sites (N-methyl/N-ethyl adjacent to an activating group) is 1. The molecule has 0 radical (unpaired) electrons. The molecule has 0 aromatic carbocycles. The van der Waals surface area contributed by atoms with E-state index in [9.17, 15) is 0 Å². The van der Waals surface area contributed by atoms with Crippen LogP contribution in [0.1, 0.15) is 18.7 Å². The van der Waals surface area contributed by atoms with Crippen molar-refractivity contribution >= 4 is 11.3 Å². The van der Waals surface area contributed by atoms with Gasteiger partial charge in [0.2, 0.25) is 11.7 Å². The third-order valence-corrected chi connectivity index (χ3v) is 4.43. The fraction of sp³-hybridized carbons (Fsp3) is 0.538. The molecule has 0 aliphatic heterocycles. The second-order valence-corrected chi connectivity index (χ2v) is 5.99. The maximum atomic E-state index is 5.84. The highest BCUT2D eigenvalue weighted by atomic mass is 32.1. The van der Waals surface area contributed by atoms with Gasteiger partial charge in [-0.3, -0.25) is 4.90 Å². The van der Waals surface area contributed by atoms with Crippen molar-refractivity contribution in [1.29, 1.82) is 0 Å². The minimum Gasteiger partial charge on any atom is -0.338 e. The molecule has 3 rings (SSSR count). The van der Waals surface area contributed by atoms with Crippen molar-refractivity contribution < 1.29 is 4.52 Å². The fourth-order valence-corrected chi connectivity index (χ4v) is 3.02. The van der Waals surface area contributed by atoms with Crippen LogP contribution in [0, 0.1) is 5.92 Å².